The molecule has 4 rings (SSSR count). The molecule has 0 unspecified atom stereocenters. The maximum atomic E-state index is 12.6. The molecule has 7 nitrogen and oxygen atoms in total. The van der Waals surface area contributed by atoms with E-state index in [-0.39, 0.29) is 11.0 Å². The third-order valence-electron chi connectivity index (χ3n) is 5.41. The Labute approximate surface area is 211 Å². The van der Waals surface area contributed by atoms with Gasteiger partial charge in [-0.3, -0.25) is 10.1 Å². The number of halogens is 1. The van der Waals surface area contributed by atoms with E-state index >= 15 is 0 Å². The number of anilines is 1. The summed E-state index contributed by atoms with van der Waals surface area (Å²) >= 11 is 8.76. The van der Waals surface area contributed by atoms with Crippen LogP contribution in [-0.4, -0.2) is 33.1 Å². The molecule has 4 aromatic rings. The van der Waals surface area contributed by atoms with Crippen LogP contribution in [0.5, 0.6) is 5.75 Å². The van der Waals surface area contributed by atoms with Crippen molar-refractivity contribution >= 4 is 55.9 Å². The Morgan fingerprint density at radius 1 is 1.06 bits per heavy atom. The molecule has 0 aliphatic rings. The van der Waals surface area contributed by atoms with Crippen LogP contribution in [0.3, 0.4) is 0 Å². The van der Waals surface area contributed by atoms with Crippen LogP contribution in [0.25, 0.3) is 16.7 Å². The van der Waals surface area contributed by atoms with Crippen molar-refractivity contribution in [3.8, 4) is 11.4 Å². The second-order valence-corrected chi connectivity index (χ2v) is 9.41. The van der Waals surface area contributed by atoms with Gasteiger partial charge in [0.15, 0.2) is 5.11 Å². The zero-order valence-electron chi connectivity index (χ0n) is 19.2. The van der Waals surface area contributed by atoms with E-state index in [1.807, 2.05) is 31.2 Å². The lowest BCUT2D eigenvalue weighted by atomic mass is 10.0. The molecule has 3 aromatic carbocycles. The average molecular weight is 538 g/mol. The lowest BCUT2D eigenvalue weighted by Crippen LogP contribution is -2.34. The number of hydrogen-bond acceptors (Lipinski definition) is 5. The highest BCUT2D eigenvalue weighted by Crippen LogP contribution is 2.26. The highest BCUT2D eigenvalue weighted by molar-refractivity contribution is 9.10. The molecular weight excluding hydrogens is 514 g/mol. The third kappa shape index (κ3) is 5.10. The van der Waals surface area contributed by atoms with E-state index < -0.39 is 0 Å². The molecule has 1 amide bonds. The summed E-state index contributed by atoms with van der Waals surface area (Å²) in [7, 11) is 1.57. The number of amides is 1. The predicted octanol–water partition coefficient (Wildman–Crippen LogP) is 5.75. The molecular formula is C25H24BrN5O2S. The van der Waals surface area contributed by atoms with Gasteiger partial charge in [-0.25, -0.2) is 0 Å². The second kappa shape index (κ2) is 9.90. The minimum atomic E-state index is -0.324. The van der Waals surface area contributed by atoms with E-state index in [0.29, 0.717) is 27.2 Å². The van der Waals surface area contributed by atoms with Crippen molar-refractivity contribution in [1.29, 1.82) is 0 Å². The van der Waals surface area contributed by atoms with E-state index in [1.54, 1.807) is 30.1 Å². The lowest BCUT2D eigenvalue weighted by molar-refractivity contribution is 0.0977. The van der Waals surface area contributed by atoms with Crippen LogP contribution in [0.1, 0.15) is 41.3 Å². The maximum absolute atomic E-state index is 12.6. The Balaban J connectivity index is 1.50. The van der Waals surface area contributed by atoms with E-state index in [2.05, 4.69) is 62.7 Å². The number of hydrogen-bond donors (Lipinski definition) is 2. The summed E-state index contributed by atoms with van der Waals surface area (Å²) in [5.74, 6) is 0.783. The Morgan fingerprint density at radius 3 is 2.35 bits per heavy atom. The fraction of sp³-hybridized carbons (Fsp3) is 0.200. The lowest BCUT2D eigenvalue weighted by Gasteiger charge is -2.12. The van der Waals surface area contributed by atoms with Gasteiger partial charge in [-0.15, -0.1) is 10.2 Å². The molecule has 9 heteroatoms. The second-order valence-electron chi connectivity index (χ2n) is 8.15. The molecule has 174 valence electrons. The first kappa shape index (κ1) is 23.8. The smallest absolute Gasteiger partial charge is 0.257 e. The van der Waals surface area contributed by atoms with Crippen LogP contribution in [-0.2, 0) is 0 Å². The van der Waals surface area contributed by atoms with Crippen LogP contribution in [0, 0.1) is 6.92 Å². The van der Waals surface area contributed by atoms with Gasteiger partial charge in [-0.2, -0.15) is 4.80 Å². The van der Waals surface area contributed by atoms with Gasteiger partial charge in [0.2, 0.25) is 0 Å². The number of carbonyl (C=O) groups is 1. The summed E-state index contributed by atoms with van der Waals surface area (Å²) in [6.45, 7) is 6.27. The number of aryl methyl sites for hydroxylation is 1. The molecule has 0 bridgehead atoms. The van der Waals surface area contributed by atoms with Crippen molar-refractivity contribution in [3.63, 3.8) is 0 Å². The Bertz CT molecular complexity index is 1380. The van der Waals surface area contributed by atoms with Crippen molar-refractivity contribution < 1.29 is 9.53 Å². The molecule has 2 N–H and O–H groups in total. The highest BCUT2D eigenvalue weighted by atomic mass is 79.9. The number of nitrogens with zero attached hydrogens (tertiary/aromatic N) is 3. The summed E-state index contributed by atoms with van der Waals surface area (Å²) in [6, 6.07) is 17.1. The van der Waals surface area contributed by atoms with Crippen LogP contribution >= 0.6 is 28.1 Å². The van der Waals surface area contributed by atoms with Crippen LogP contribution in [0.2, 0.25) is 0 Å². The van der Waals surface area contributed by atoms with Gasteiger partial charge in [0, 0.05) is 11.3 Å². The van der Waals surface area contributed by atoms with Crippen LogP contribution in [0.15, 0.2) is 59.1 Å². The summed E-state index contributed by atoms with van der Waals surface area (Å²) in [6.07, 6.45) is 0. The summed E-state index contributed by atoms with van der Waals surface area (Å²) in [5, 5.41) is 15.2. The maximum Gasteiger partial charge on any atom is 0.257 e. The number of fused-ring (bicyclic) bond motifs is 1. The molecule has 0 saturated heterocycles. The monoisotopic (exact) mass is 537 g/mol. The Kier molecular flexibility index (Phi) is 6.95. The van der Waals surface area contributed by atoms with Crippen molar-refractivity contribution in [2.75, 3.05) is 12.4 Å². The van der Waals surface area contributed by atoms with Gasteiger partial charge in [0.25, 0.3) is 5.91 Å². The van der Waals surface area contributed by atoms with E-state index in [4.69, 9.17) is 17.0 Å². The first-order valence-corrected chi connectivity index (χ1v) is 11.9. The predicted molar refractivity (Wildman–Crippen MR) is 142 cm³/mol. The van der Waals surface area contributed by atoms with Crippen molar-refractivity contribution in [2.24, 2.45) is 0 Å². The number of thiocarbonyl (C=S) groups is 1. The van der Waals surface area contributed by atoms with Crippen molar-refractivity contribution in [3.05, 3.63) is 75.8 Å². The number of methoxy groups -OCH3 is 1. The minimum absolute atomic E-state index is 0.191. The van der Waals surface area contributed by atoms with Gasteiger partial charge < -0.3 is 10.1 Å². The molecule has 1 heterocycles. The van der Waals surface area contributed by atoms with Crippen LogP contribution < -0.4 is 15.4 Å². The topological polar surface area (TPSA) is 81.1 Å². The first-order chi connectivity index (χ1) is 16.2. The summed E-state index contributed by atoms with van der Waals surface area (Å²) in [4.78, 5) is 14.2. The molecule has 0 fully saturated rings. The Hall–Kier alpha value is -3.30. The zero-order valence-corrected chi connectivity index (χ0v) is 21.6. The molecule has 1 aromatic heterocycles. The normalized spacial score (nSPS) is 11.0. The molecule has 0 aliphatic heterocycles. The van der Waals surface area contributed by atoms with E-state index in [9.17, 15) is 4.79 Å². The van der Waals surface area contributed by atoms with Gasteiger partial charge in [-0.1, -0.05) is 26.0 Å². The minimum Gasteiger partial charge on any atom is -0.496 e. The molecule has 0 saturated carbocycles. The number of rotatable bonds is 5. The largest absolute Gasteiger partial charge is 0.496 e. The number of carbonyl (C=O) groups excluding carboxylic acids is 1. The summed E-state index contributed by atoms with van der Waals surface area (Å²) < 4.78 is 5.89. The van der Waals surface area contributed by atoms with Gasteiger partial charge in [0.05, 0.1) is 17.3 Å². The zero-order chi connectivity index (χ0) is 24.4. The number of benzene rings is 3. The fourth-order valence-electron chi connectivity index (χ4n) is 3.45. The van der Waals surface area contributed by atoms with E-state index in [0.717, 1.165) is 22.5 Å². The van der Waals surface area contributed by atoms with Gasteiger partial charge in [-0.05, 0) is 94.6 Å². The van der Waals surface area contributed by atoms with Crippen molar-refractivity contribution in [1.82, 2.24) is 20.3 Å². The number of ether oxygens (including phenoxy) is 1. The Morgan fingerprint density at radius 2 is 1.74 bits per heavy atom. The quantitative estimate of drug-likeness (QED) is 0.315. The van der Waals surface area contributed by atoms with Gasteiger partial charge in [0.1, 0.15) is 16.8 Å². The first-order valence-electron chi connectivity index (χ1n) is 10.7. The molecule has 0 radical (unpaired) electrons. The van der Waals surface area contributed by atoms with Gasteiger partial charge >= 0.3 is 0 Å². The third-order valence-corrected chi connectivity index (χ3v) is 6.23. The average Bonchev–Trinajstić information content (AvgIpc) is 3.21. The highest BCUT2D eigenvalue weighted by Gasteiger charge is 2.13. The molecule has 0 aliphatic carbocycles. The molecule has 34 heavy (non-hydrogen) atoms. The number of aromatic nitrogens is 3. The summed E-state index contributed by atoms with van der Waals surface area (Å²) in [5.41, 5.74) is 5.77. The standard InChI is InChI=1S/C25H24BrN5O2S/c1-14(2)16-5-8-18(9-6-16)31-29-21-11-15(3)20(13-22(21)30-31)27-25(34)28-24(32)17-7-10-23(33-4)19(26)12-17/h5-14H,1-4H3,(H2,27,28,32,34). The van der Waals surface area contributed by atoms with Crippen LogP contribution in [0.4, 0.5) is 5.69 Å². The van der Waals surface area contributed by atoms with E-state index in [1.165, 1.54) is 5.56 Å². The molecule has 0 spiro atoms. The fourth-order valence-corrected chi connectivity index (χ4v) is 4.19. The molecule has 0 atom stereocenters. The van der Waals surface area contributed by atoms with Crippen molar-refractivity contribution in [2.45, 2.75) is 26.7 Å². The SMILES string of the molecule is COc1ccc(C(=O)NC(=S)Nc2cc3nn(-c4ccc(C(C)C)cc4)nc3cc2C)cc1Br. The number of nitrogens with one attached hydrogen (secondary N) is 2.